The Morgan fingerprint density at radius 3 is 2.70 bits per heavy atom. The summed E-state index contributed by atoms with van der Waals surface area (Å²) in [6, 6.07) is 14.4. The molecule has 2 aromatic carbocycles. The van der Waals surface area contributed by atoms with Gasteiger partial charge in [-0.1, -0.05) is 36.4 Å². The Labute approximate surface area is 118 Å². The minimum atomic E-state index is -0.799. The van der Waals surface area contributed by atoms with Gasteiger partial charge in [0.1, 0.15) is 0 Å². The molecule has 0 aliphatic heterocycles. The molecule has 1 atom stereocenters. The lowest BCUT2D eigenvalue weighted by atomic mass is 9.97. The molecule has 1 aliphatic rings. The predicted molar refractivity (Wildman–Crippen MR) is 78.5 cm³/mol. The minimum Gasteiger partial charge on any atom is -0.481 e. The number of carbonyl (C=O) groups is 1. The van der Waals surface area contributed by atoms with Crippen LogP contribution in [0.4, 0.5) is 0 Å². The molecule has 102 valence electrons. The highest BCUT2D eigenvalue weighted by atomic mass is 16.4. The SMILES string of the molecule is NC(CCC(=O)O)c1ccc2c(c1)-c1ccccc1C2. The van der Waals surface area contributed by atoms with E-state index in [-0.39, 0.29) is 12.5 Å². The first-order chi connectivity index (χ1) is 9.65. The molecule has 1 unspecified atom stereocenters. The van der Waals surface area contributed by atoms with Crippen LogP contribution in [-0.4, -0.2) is 11.1 Å². The van der Waals surface area contributed by atoms with Crippen molar-refractivity contribution in [2.24, 2.45) is 5.73 Å². The van der Waals surface area contributed by atoms with Gasteiger partial charge < -0.3 is 10.8 Å². The predicted octanol–water partition coefficient (Wildman–Crippen LogP) is 3.12. The summed E-state index contributed by atoms with van der Waals surface area (Å²) in [6.07, 6.45) is 1.54. The Morgan fingerprint density at radius 2 is 1.90 bits per heavy atom. The molecular weight excluding hydrogens is 250 g/mol. The van der Waals surface area contributed by atoms with E-state index >= 15 is 0 Å². The highest BCUT2D eigenvalue weighted by Gasteiger charge is 2.19. The maximum atomic E-state index is 10.6. The van der Waals surface area contributed by atoms with Crippen LogP contribution in [0.1, 0.15) is 35.6 Å². The lowest BCUT2D eigenvalue weighted by Gasteiger charge is -2.12. The zero-order valence-corrected chi connectivity index (χ0v) is 11.2. The van der Waals surface area contributed by atoms with Crippen molar-refractivity contribution in [1.82, 2.24) is 0 Å². The maximum absolute atomic E-state index is 10.6. The Balaban J connectivity index is 1.89. The average Bonchev–Trinajstić information content (AvgIpc) is 2.82. The van der Waals surface area contributed by atoms with E-state index in [1.54, 1.807) is 0 Å². The molecule has 0 amide bonds. The fourth-order valence-corrected chi connectivity index (χ4v) is 2.82. The van der Waals surface area contributed by atoms with Crippen LogP contribution in [0, 0.1) is 0 Å². The summed E-state index contributed by atoms with van der Waals surface area (Å²) in [4.78, 5) is 10.6. The van der Waals surface area contributed by atoms with Gasteiger partial charge in [-0.2, -0.15) is 0 Å². The first-order valence-corrected chi connectivity index (χ1v) is 6.83. The van der Waals surface area contributed by atoms with Crippen molar-refractivity contribution >= 4 is 5.97 Å². The van der Waals surface area contributed by atoms with Crippen LogP contribution in [0.5, 0.6) is 0 Å². The number of hydrogen-bond donors (Lipinski definition) is 2. The zero-order chi connectivity index (χ0) is 14.1. The molecule has 0 fully saturated rings. The monoisotopic (exact) mass is 267 g/mol. The van der Waals surface area contributed by atoms with Gasteiger partial charge in [0.25, 0.3) is 0 Å². The molecular formula is C17H17NO2. The molecule has 20 heavy (non-hydrogen) atoms. The number of carboxylic acids is 1. The molecule has 2 aromatic rings. The summed E-state index contributed by atoms with van der Waals surface area (Å²) in [7, 11) is 0. The first-order valence-electron chi connectivity index (χ1n) is 6.83. The fraction of sp³-hybridized carbons (Fsp3) is 0.235. The Hall–Kier alpha value is -2.13. The van der Waals surface area contributed by atoms with E-state index in [4.69, 9.17) is 10.8 Å². The second-order valence-corrected chi connectivity index (χ2v) is 5.29. The minimum absolute atomic E-state index is 0.106. The normalized spacial score (nSPS) is 13.7. The molecule has 0 aromatic heterocycles. The maximum Gasteiger partial charge on any atom is 0.303 e. The van der Waals surface area contributed by atoms with Crippen LogP contribution in [0.25, 0.3) is 11.1 Å². The molecule has 0 saturated heterocycles. The fourth-order valence-electron chi connectivity index (χ4n) is 2.82. The highest BCUT2D eigenvalue weighted by Crippen LogP contribution is 2.37. The van der Waals surface area contributed by atoms with Gasteiger partial charge in [-0.25, -0.2) is 0 Å². The third-order valence-corrected chi connectivity index (χ3v) is 3.92. The first kappa shape index (κ1) is 12.9. The van der Waals surface area contributed by atoms with Crippen LogP contribution < -0.4 is 5.73 Å². The molecule has 0 spiro atoms. The number of aliphatic carboxylic acids is 1. The molecule has 1 aliphatic carbocycles. The lowest BCUT2D eigenvalue weighted by molar-refractivity contribution is -0.137. The zero-order valence-electron chi connectivity index (χ0n) is 11.2. The van der Waals surface area contributed by atoms with Crippen molar-refractivity contribution in [2.75, 3.05) is 0 Å². The van der Waals surface area contributed by atoms with Gasteiger partial charge in [0.15, 0.2) is 0 Å². The summed E-state index contributed by atoms with van der Waals surface area (Å²) >= 11 is 0. The van der Waals surface area contributed by atoms with Crippen LogP contribution in [0.2, 0.25) is 0 Å². The Morgan fingerprint density at radius 1 is 1.15 bits per heavy atom. The van der Waals surface area contributed by atoms with Crippen LogP contribution in [0.15, 0.2) is 42.5 Å². The number of rotatable bonds is 4. The summed E-state index contributed by atoms with van der Waals surface area (Å²) in [6.45, 7) is 0. The Bertz CT molecular complexity index is 664. The third-order valence-electron chi connectivity index (χ3n) is 3.92. The van der Waals surface area contributed by atoms with Gasteiger partial charge in [-0.15, -0.1) is 0 Å². The molecule has 3 rings (SSSR count). The van der Waals surface area contributed by atoms with Crippen LogP contribution in [-0.2, 0) is 11.2 Å². The van der Waals surface area contributed by atoms with E-state index in [0.29, 0.717) is 6.42 Å². The second-order valence-electron chi connectivity index (χ2n) is 5.29. The van der Waals surface area contributed by atoms with Gasteiger partial charge in [0, 0.05) is 12.5 Å². The van der Waals surface area contributed by atoms with Gasteiger partial charge in [0.2, 0.25) is 0 Å². The molecule has 0 bridgehead atoms. The van der Waals surface area contributed by atoms with Gasteiger partial charge in [-0.05, 0) is 46.7 Å². The molecule has 3 N–H and O–H groups in total. The summed E-state index contributed by atoms with van der Waals surface area (Å²) in [5.41, 5.74) is 12.3. The highest BCUT2D eigenvalue weighted by molar-refractivity contribution is 5.77. The molecule has 0 saturated carbocycles. The average molecular weight is 267 g/mol. The van der Waals surface area contributed by atoms with Crippen molar-refractivity contribution in [3.8, 4) is 11.1 Å². The quantitative estimate of drug-likeness (QED) is 0.763. The Kier molecular flexibility index (Phi) is 3.28. The van der Waals surface area contributed by atoms with Gasteiger partial charge in [-0.3, -0.25) is 4.79 Å². The van der Waals surface area contributed by atoms with Crippen molar-refractivity contribution in [2.45, 2.75) is 25.3 Å². The number of benzene rings is 2. The molecule has 3 nitrogen and oxygen atoms in total. The number of nitrogens with two attached hydrogens (primary N) is 1. The number of hydrogen-bond acceptors (Lipinski definition) is 2. The van der Waals surface area contributed by atoms with E-state index in [9.17, 15) is 4.79 Å². The van der Waals surface area contributed by atoms with Crippen molar-refractivity contribution in [1.29, 1.82) is 0 Å². The summed E-state index contributed by atoms with van der Waals surface area (Å²) < 4.78 is 0. The number of carboxylic acid groups (broad SMARTS) is 1. The van der Waals surface area contributed by atoms with Gasteiger partial charge in [0.05, 0.1) is 0 Å². The van der Waals surface area contributed by atoms with E-state index in [0.717, 1.165) is 12.0 Å². The smallest absolute Gasteiger partial charge is 0.303 e. The van der Waals surface area contributed by atoms with E-state index in [1.807, 2.05) is 12.1 Å². The lowest BCUT2D eigenvalue weighted by Crippen LogP contribution is -2.12. The largest absolute Gasteiger partial charge is 0.481 e. The van der Waals surface area contributed by atoms with Crippen LogP contribution in [0.3, 0.4) is 0 Å². The number of fused-ring (bicyclic) bond motifs is 3. The van der Waals surface area contributed by atoms with Crippen molar-refractivity contribution < 1.29 is 9.90 Å². The molecule has 3 heteroatoms. The van der Waals surface area contributed by atoms with E-state index in [1.165, 1.54) is 22.3 Å². The molecule has 0 radical (unpaired) electrons. The van der Waals surface area contributed by atoms with Gasteiger partial charge >= 0.3 is 5.97 Å². The standard InChI is InChI=1S/C17H17NO2/c18-16(7-8-17(19)20)13-6-5-12-9-11-3-1-2-4-14(11)15(12)10-13/h1-6,10,16H,7-9,18H2,(H,19,20). The summed E-state index contributed by atoms with van der Waals surface area (Å²) in [5, 5.41) is 8.74. The van der Waals surface area contributed by atoms with Crippen molar-refractivity contribution in [3.05, 3.63) is 59.2 Å². The molecule has 0 heterocycles. The topological polar surface area (TPSA) is 63.3 Å². The van der Waals surface area contributed by atoms with E-state index in [2.05, 4.69) is 30.3 Å². The van der Waals surface area contributed by atoms with E-state index < -0.39 is 5.97 Å². The summed E-state index contributed by atoms with van der Waals surface area (Å²) in [5.74, 6) is -0.799. The third kappa shape index (κ3) is 2.32. The van der Waals surface area contributed by atoms with Crippen molar-refractivity contribution in [3.63, 3.8) is 0 Å². The second kappa shape index (κ2) is 5.10. The van der Waals surface area contributed by atoms with Crippen LogP contribution >= 0.6 is 0 Å².